The number of benzene rings is 3. The summed E-state index contributed by atoms with van der Waals surface area (Å²) in [6, 6.07) is 20.8. The molecule has 34 heavy (non-hydrogen) atoms. The number of fused-ring (bicyclic) bond motifs is 1. The van der Waals surface area contributed by atoms with Crippen LogP contribution in [-0.4, -0.2) is 39.8 Å². The minimum atomic E-state index is -0.830. The smallest absolute Gasteiger partial charge is 0.227 e. The lowest BCUT2D eigenvalue weighted by Crippen LogP contribution is -2.26. The van der Waals surface area contributed by atoms with Crippen LogP contribution < -0.4 is 9.64 Å². The first-order chi connectivity index (χ1) is 16.5. The fourth-order valence-electron chi connectivity index (χ4n) is 4.38. The number of para-hydroxylation sites is 3. The van der Waals surface area contributed by atoms with Crippen LogP contribution in [-0.2, 0) is 11.3 Å². The van der Waals surface area contributed by atoms with Crippen molar-refractivity contribution in [1.29, 1.82) is 0 Å². The van der Waals surface area contributed by atoms with E-state index in [4.69, 9.17) is 21.3 Å². The van der Waals surface area contributed by atoms with Crippen LogP contribution in [0.15, 0.2) is 72.8 Å². The van der Waals surface area contributed by atoms with Gasteiger partial charge in [0.05, 0.1) is 22.6 Å². The fraction of sp³-hybridized carbons (Fsp3) is 0.231. The van der Waals surface area contributed by atoms with E-state index in [0.29, 0.717) is 28.8 Å². The SMILES string of the molecule is O=C1CC(c2nc3ccccc3n2CC(O)COc2ccccc2Cl)CN1c1cccc(F)c1. The van der Waals surface area contributed by atoms with Crippen molar-refractivity contribution in [3.8, 4) is 5.75 Å². The topological polar surface area (TPSA) is 67.6 Å². The molecule has 1 aromatic heterocycles. The molecule has 5 rings (SSSR count). The van der Waals surface area contributed by atoms with E-state index in [9.17, 15) is 14.3 Å². The molecule has 1 N–H and O–H groups in total. The maximum Gasteiger partial charge on any atom is 0.227 e. The van der Waals surface area contributed by atoms with Gasteiger partial charge >= 0.3 is 0 Å². The first-order valence-corrected chi connectivity index (χ1v) is 11.4. The van der Waals surface area contributed by atoms with Gasteiger partial charge in [0.1, 0.15) is 30.1 Å². The molecule has 1 aliphatic rings. The summed E-state index contributed by atoms with van der Waals surface area (Å²) in [5, 5.41) is 11.3. The average Bonchev–Trinajstić information content (AvgIpc) is 3.39. The number of carbonyl (C=O) groups is 1. The first kappa shape index (κ1) is 22.4. The Morgan fingerprint density at radius 1 is 1.12 bits per heavy atom. The van der Waals surface area contributed by atoms with Crippen molar-refractivity contribution in [2.24, 2.45) is 0 Å². The minimum absolute atomic E-state index is 0.0503. The molecule has 2 unspecified atom stereocenters. The van der Waals surface area contributed by atoms with Gasteiger partial charge in [0.25, 0.3) is 0 Å². The molecule has 4 aromatic rings. The highest BCUT2D eigenvalue weighted by Gasteiger charge is 2.35. The second kappa shape index (κ2) is 9.44. The Labute approximate surface area is 201 Å². The number of aliphatic hydroxyl groups is 1. The maximum absolute atomic E-state index is 13.7. The van der Waals surface area contributed by atoms with Gasteiger partial charge < -0.3 is 19.3 Å². The summed E-state index contributed by atoms with van der Waals surface area (Å²) in [6.45, 7) is 0.678. The minimum Gasteiger partial charge on any atom is -0.489 e. The Bertz CT molecular complexity index is 1340. The molecule has 0 saturated carbocycles. The van der Waals surface area contributed by atoms with E-state index in [1.54, 1.807) is 29.2 Å². The standard InChI is InChI=1S/C26H23ClFN3O3/c27-21-8-1-4-11-24(21)34-16-20(32)15-31-23-10-3-2-9-22(23)29-26(31)17-12-25(33)30(14-17)19-7-5-6-18(28)13-19/h1-11,13,17,20,32H,12,14-16H2. The van der Waals surface area contributed by atoms with Crippen molar-refractivity contribution < 1.29 is 19.0 Å². The van der Waals surface area contributed by atoms with Crippen molar-refractivity contribution in [3.63, 3.8) is 0 Å². The van der Waals surface area contributed by atoms with Crippen LogP contribution >= 0.6 is 11.6 Å². The molecule has 8 heteroatoms. The van der Waals surface area contributed by atoms with Crippen LogP contribution in [0.25, 0.3) is 11.0 Å². The zero-order valence-electron chi connectivity index (χ0n) is 18.3. The molecule has 0 radical (unpaired) electrons. The Hall–Kier alpha value is -3.42. The van der Waals surface area contributed by atoms with Crippen LogP contribution in [0.5, 0.6) is 5.75 Å². The van der Waals surface area contributed by atoms with E-state index in [0.717, 1.165) is 11.0 Å². The van der Waals surface area contributed by atoms with Gasteiger partial charge in [0, 0.05) is 24.6 Å². The maximum atomic E-state index is 13.7. The molecule has 0 aliphatic carbocycles. The second-order valence-corrected chi connectivity index (χ2v) is 8.76. The van der Waals surface area contributed by atoms with Crippen LogP contribution in [0.2, 0.25) is 5.02 Å². The molecule has 2 atom stereocenters. The molecule has 3 aromatic carbocycles. The number of rotatable bonds is 7. The first-order valence-electron chi connectivity index (χ1n) is 11.1. The van der Waals surface area contributed by atoms with E-state index in [1.165, 1.54) is 12.1 Å². The van der Waals surface area contributed by atoms with Gasteiger partial charge in [-0.3, -0.25) is 4.79 Å². The number of ether oxygens (including phenoxy) is 1. The van der Waals surface area contributed by atoms with Gasteiger partial charge in [-0.25, -0.2) is 9.37 Å². The fourth-order valence-corrected chi connectivity index (χ4v) is 4.57. The summed E-state index contributed by atoms with van der Waals surface area (Å²) < 4.78 is 21.4. The summed E-state index contributed by atoms with van der Waals surface area (Å²) in [6.07, 6.45) is -0.574. The number of anilines is 1. The van der Waals surface area contributed by atoms with Crippen LogP contribution in [0.1, 0.15) is 18.2 Å². The number of amides is 1. The van der Waals surface area contributed by atoms with E-state index in [2.05, 4.69) is 0 Å². The highest BCUT2D eigenvalue weighted by Crippen LogP contribution is 2.33. The molecule has 1 saturated heterocycles. The zero-order chi connectivity index (χ0) is 23.7. The number of imidazole rings is 1. The van der Waals surface area contributed by atoms with E-state index in [-0.39, 0.29) is 37.2 Å². The third kappa shape index (κ3) is 4.49. The Morgan fingerprint density at radius 3 is 2.74 bits per heavy atom. The normalized spacial score (nSPS) is 16.9. The molecule has 0 spiro atoms. The van der Waals surface area contributed by atoms with Crippen LogP contribution in [0, 0.1) is 5.82 Å². The molecule has 0 bridgehead atoms. The summed E-state index contributed by atoms with van der Waals surface area (Å²) in [7, 11) is 0. The average molecular weight is 480 g/mol. The molecular weight excluding hydrogens is 457 g/mol. The van der Waals surface area contributed by atoms with Crippen molar-refractivity contribution in [3.05, 3.63) is 89.5 Å². The molecule has 2 heterocycles. The van der Waals surface area contributed by atoms with Crippen LogP contribution in [0.4, 0.5) is 10.1 Å². The number of aliphatic hydroxyl groups excluding tert-OH is 1. The van der Waals surface area contributed by atoms with Gasteiger partial charge in [-0.05, 0) is 42.5 Å². The van der Waals surface area contributed by atoms with Crippen molar-refractivity contribution in [1.82, 2.24) is 9.55 Å². The predicted molar refractivity (Wildman–Crippen MR) is 129 cm³/mol. The number of halogens is 2. The lowest BCUT2D eigenvalue weighted by molar-refractivity contribution is -0.117. The molecule has 1 fully saturated rings. The van der Waals surface area contributed by atoms with E-state index < -0.39 is 6.10 Å². The molecule has 1 amide bonds. The summed E-state index contributed by atoms with van der Waals surface area (Å²) in [5.74, 6) is 0.551. The number of hydrogen-bond donors (Lipinski definition) is 1. The number of hydrogen-bond acceptors (Lipinski definition) is 4. The van der Waals surface area contributed by atoms with Gasteiger partial charge in [0.15, 0.2) is 0 Å². The lowest BCUT2D eigenvalue weighted by atomic mass is 10.1. The summed E-state index contributed by atoms with van der Waals surface area (Å²) in [4.78, 5) is 19.2. The monoisotopic (exact) mass is 479 g/mol. The van der Waals surface area contributed by atoms with E-state index in [1.807, 2.05) is 41.0 Å². The summed E-state index contributed by atoms with van der Waals surface area (Å²) >= 11 is 6.15. The third-order valence-corrected chi connectivity index (χ3v) is 6.27. The molecule has 1 aliphatic heterocycles. The largest absolute Gasteiger partial charge is 0.489 e. The molecule has 6 nitrogen and oxygen atoms in total. The third-order valence-electron chi connectivity index (χ3n) is 5.96. The van der Waals surface area contributed by atoms with E-state index >= 15 is 0 Å². The number of carbonyl (C=O) groups excluding carboxylic acids is 1. The van der Waals surface area contributed by atoms with Crippen molar-refractivity contribution >= 4 is 34.2 Å². The number of aromatic nitrogens is 2. The highest BCUT2D eigenvalue weighted by molar-refractivity contribution is 6.32. The number of nitrogens with zero attached hydrogens (tertiary/aromatic N) is 3. The molecular formula is C26H23ClFN3O3. The van der Waals surface area contributed by atoms with Crippen molar-refractivity contribution in [2.45, 2.75) is 25.0 Å². The second-order valence-electron chi connectivity index (χ2n) is 8.35. The highest BCUT2D eigenvalue weighted by atomic mass is 35.5. The Morgan fingerprint density at radius 2 is 1.91 bits per heavy atom. The quantitative estimate of drug-likeness (QED) is 0.414. The Balaban J connectivity index is 1.39. The van der Waals surface area contributed by atoms with Crippen LogP contribution in [0.3, 0.4) is 0 Å². The Kier molecular flexibility index (Phi) is 6.22. The predicted octanol–water partition coefficient (Wildman–Crippen LogP) is 4.79. The van der Waals surface area contributed by atoms with Gasteiger partial charge in [0.2, 0.25) is 5.91 Å². The summed E-state index contributed by atoms with van der Waals surface area (Å²) in [5.41, 5.74) is 2.18. The zero-order valence-corrected chi connectivity index (χ0v) is 19.0. The lowest BCUT2D eigenvalue weighted by Gasteiger charge is -2.19. The van der Waals surface area contributed by atoms with Gasteiger partial charge in [-0.2, -0.15) is 0 Å². The van der Waals surface area contributed by atoms with Gasteiger partial charge in [-0.15, -0.1) is 0 Å². The van der Waals surface area contributed by atoms with Gasteiger partial charge in [-0.1, -0.05) is 41.9 Å². The van der Waals surface area contributed by atoms with Crippen molar-refractivity contribution in [2.75, 3.05) is 18.1 Å². The molecule has 174 valence electrons.